The van der Waals surface area contributed by atoms with Crippen LogP contribution in [0.25, 0.3) is 0 Å². The van der Waals surface area contributed by atoms with E-state index in [1.165, 1.54) is 11.3 Å². The first-order chi connectivity index (χ1) is 10.5. The molecule has 0 saturated heterocycles. The maximum atomic E-state index is 12.1. The quantitative estimate of drug-likeness (QED) is 0.918. The van der Waals surface area contributed by atoms with Crippen LogP contribution < -0.4 is 10.1 Å². The number of thiazole rings is 1. The first-order valence-electron chi connectivity index (χ1n) is 6.97. The van der Waals surface area contributed by atoms with E-state index in [-0.39, 0.29) is 5.91 Å². The predicted molar refractivity (Wildman–Crippen MR) is 86.1 cm³/mol. The summed E-state index contributed by atoms with van der Waals surface area (Å²) in [7, 11) is 0. The van der Waals surface area contributed by atoms with Crippen LogP contribution in [0.15, 0.2) is 24.3 Å². The van der Waals surface area contributed by atoms with Crippen LogP contribution in [0.3, 0.4) is 0 Å². The van der Waals surface area contributed by atoms with Gasteiger partial charge in [0.25, 0.3) is 5.91 Å². The fraction of sp³-hybridized carbons (Fsp3) is 0.312. The van der Waals surface area contributed by atoms with E-state index in [1.54, 1.807) is 31.2 Å². The fourth-order valence-electron chi connectivity index (χ4n) is 1.88. The third-order valence-corrected chi connectivity index (χ3v) is 4.05. The Balaban J connectivity index is 1.97. The number of hydrogen-bond donors (Lipinski definition) is 1. The number of nitrogens with one attached hydrogen (secondary N) is 1. The smallest absolute Gasteiger partial charge is 0.266 e. The summed E-state index contributed by atoms with van der Waals surface area (Å²) in [5.74, 6) is 0.298. The van der Waals surface area contributed by atoms with Crippen LogP contribution in [0.2, 0.25) is 0 Å². The highest BCUT2D eigenvalue weighted by Gasteiger charge is 2.17. The van der Waals surface area contributed by atoms with Crippen molar-refractivity contribution >= 4 is 22.4 Å². The molecule has 1 aromatic carbocycles. The zero-order chi connectivity index (χ0) is 16.1. The van der Waals surface area contributed by atoms with Gasteiger partial charge in [0.05, 0.1) is 17.3 Å². The maximum Gasteiger partial charge on any atom is 0.266 e. The number of amides is 1. The topological polar surface area (TPSA) is 75.0 Å². The van der Waals surface area contributed by atoms with E-state index in [9.17, 15) is 4.79 Å². The monoisotopic (exact) mass is 315 g/mol. The summed E-state index contributed by atoms with van der Waals surface area (Å²) in [6.45, 7) is 5.70. The minimum absolute atomic E-state index is 0.249. The molecule has 0 radical (unpaired) electrons. The Kier molecular flexibility index (Phi) is 5.12. The Morgan fingerprint density at radius 3 is 2.68 bits per heavy atom. The van der Waals surface area contributed by atoms with E-state index in [4.69, 9.17) is 10.00 Å². The predicted octanol–water partition coefficient (Wildman–Crippen LogP) is 3.29. The zero-order valence-corrected chi connectivity index (χ0v) is 13.5. The number of carbonyl (C=O) groups is 1. The van der Waals surface area contributed by atoms with Gasteiger partial charge in [-0.15, -0.1) is 11.3 Å². The number of aryl methyl sites for hydroxylation is 2. The normalized spacial score (nSPS) is 11.5. The summed E-state index contributed by atoms with van der Waals surface area (Å²) < 4.78 is 5.57. The van der Waals surface area contributed by atoms with E-state index >= 15 is 0 Å². The van der Waals surface area contributed by atoms with Gasteiger partial charge in [-0.2, -0.15) is 5.26 Å². The van der Waals surface area contributed by atoms with Crippen LogP contribution in [0.4, 0.5) is 5.13 Å². The number of ether oxygens (including phenoxy) is 1. The first-order valence-corrected chi connectivity index (χ1v) is 7.79. The number of anilines is 1. The molecule has 2 aromatic rings. The van der Waals surface area contributed by atoms with Crippen LogP contribution in [-0.2, 0) is 11.2 Å². The molecule has 1 N–H and O–H groups in total. The van der Waals surface area contributed by atoms with Gasteiger partial charge < -0.3 is 4.74 Å². The van der Waals surface area contributed by atoms with Crippen molar-refractivity contribution in [3.05, 3.63) is 40.4 Å². The summed E-state index contributed by atoms with van der Waals surface area (Å²) in [5, 5.41) is 12.1. The second kappa shape index (κ2) is 7.05. The molecule has 0 saturated carbocycles. The summed E-state index contributed by atoms with van der Waals surface area (Å²) >= 11 is 1.46. The molecule has 0 unspecified atom stereocenters. The van der Waals surface area contributed by atoms with Gasteiger partial charge in [0.15, 0.2) is 11.2 Å². The number of nitriles is 1. The number of nitrogens with zero attached hydrogens (tertiary/aromatic N) is 2. The van der Waals surface area contributed by atoms with Crippen molar-refractivity contribution in [3.8, 4) is 11.8 Å². The molecule has 0 aliphatic carbocycles. The molecule has 6 heteroatoms. The van der Waals surface area contributed by atoms with Crippen molar-refractivity contribution in [2.24, 2.45) is 0 Å². The molecule has 0 bridgehead atoms. The summed E-state index contributed by atoms with van der Waals surface area (Å²) in [6, 6.07) is 8.68. The Labute approximate surface area is 133 Å². The lowest BCUT2D eigenvalue weighted by atomic mass is 10.2. The van der Waals surface area contributed by atoms with Crippen LogP contribution in [0.5, 0.6) is 5.75 Å². The second-order valence-electron chi connectivity index (χ2n) is 4.76. The van der Waals surface area contributed by atoms with Gasteiger partial charge in [-0.1, -0.05) is 6.92 Å². The molecule has 0 aliphatic heterocycles. The molecule has 1 aromatic heterocycles. The minimum atomic E-state index is -0.651. The molecule has 114 valence electrons. The van der Waals surface area contributed by atoms with Crippen molar-refractivity contribution in [2.45, 2.75) is 33.3 Å². The van der Waals surface area contributed by atoms with Crippen LogP contribution in [0.1, 0.15) is 30.0 Å². The third-order valence-electron chi connectivity index (χ3n) is 3.12. The van der Waals surface area contributed by atoms with Crippen molar-refractivity contribution in [2.75, 3.05) is 5.32 Å². The molecular formula is C16H17N3O2S. The average molecular weight is 315 g/mol. The number of carbonyl (C=O) groups excluding carboxylic acids is 1. The van der Waals surface area contributed by atoms with Crippen LogP contribution in [-0.4, -0.2) is 17.0 Å². The van der Waals surface area contributed by atoms with E-state index < -0.39 is 6.10 Å². The van der Waals surface area contributed by atoms with Gasteiger partial charge in [-0.25, -0.2) is 4.98 Å². The number of rotatable bonds is 5. The van der Waals surface area contributed by atoms with Crippen molar-refractivity contribution < 1.29 is 9.53 Å². The molecule has 1 amide bonds. The highest BCUT2D eigenvalue weighted by atomic mass is 32.1. The highest BCUT2D eigenvalue weighted by Crippen LogP contribution is 2.22. The lowest BCUT2D eigenvalue weighted by Gasteiger charge is -2.13. The van der Waals surface area contributed by atoms with Gasteiger partial charge in [0.1, 0.15) is 5.75 Å². The maximum absolute atomic E-state index is 12.1. The van der Waals surface area contributed by atoms with E-state index in [0.717, 1.165) is 17.0 Å². The first kappa shape index (κ1) is 16.0. The third kappa shape index (κ3) is 3.83. The van der Waals surface area contributed by atoms with Gasteiger partial charge >= 0.3 is 0 Å². The number of benzene rings is 1. The van der Waals surface area contributed by atoms with Crippen LogP contribution >= 0.6 is 11.3 Å². The SMILES string of the molecule is CCc1nc(NC(=O)[C@H](C)Oc2ccc(C#N)cc2)sc1C. The zero-order valence-electron chi connectivity index (χ0n) is 12.7. The fourth-order valence-corrected chi connectivity index (χ4v) is 2.79. The Morgan fingerprint density at radius 1 is 1.45 bits per heavy atom. The van der Waals surface area contributed by atoms with Gasteiger partial charge in [-0.3, -0.25) is 10.1 Å². The summed E-state index contributed by atoms with van der Waals surface area (Å²) in [6.07, 6.45) is 0.192. The standard InChI is InChI=1S/C16H17N3O2S/c1-4-14-11(3)22-16(18-14)19-15(20)10(2)21-13-7-5-12(9-17)6-8-13/h5-8,10H,4H2,1-3H3,(H,18,19,20)/t10-/m0/s1. The molecule has 22 heavy (non-hydrogen) atoms. The lowest BCUT2D eigenvalue weighted by Crippen LogP contribution is -2.30. The lowest BCUT2D eigenvalue weighted by molar-refractivity contribution is -0.122. The second-order valence-corrected chi connectivity index (χ2v) is 5.96. The Bertz CT molecular complexity index is 701. The minimum Gasteiger partial charge on any atom is -0.481 e. The number of hydrogen-bond acceptors (Lipinski definition) is 5. The average Bonchev–Trinajstić information content (AvgIpc) is 2.87. The van der Waals surface area contributed by atoms with E-state index in [0.29, 0.717) is 16.4 Å². The van der Waals surface area contributed by atoms with E-state index in [2.05, 4.69) is 10.3 Å². The summed E-state index contributed by atoms with van der Waals surface area (Å²) in [5.41, 5.74) is 1.55. The molecule has 0 aliphatic rings. The van der Waals surface area contributed by atoms with Gasteiger partial charge in [0.2, 0.25) is 0 Å². The van der Waals surface area contributed by atoms with E-state index in [1.807, 2.05) is 19.9 Å². The van der Waals surface area contributed by atoms with Crippen molar-refractivity contribution in [1.82, 2.24) is 4.98 Å². The van der Waals surface area contributed by atoms with Gasteiger partial charge in [0, 0.05) is 4.88 Å². The molecule has 0 fully saturated rings. The molecule has 2 rings (SSSR count). The molecular weight excluding hydrogens is 298 g/mol. The number of aromatic nitrogens is 1. The molecule has 1 atom stereocenters. The van der Waals surface area contributed by atoms with Crippen molar-refractivity contribution in [1.29, 1.82) is 5.26 Å². The Morgan fingerprint density at radius 2 is 2.14 bits per heavy atom. The molecule has 0 spiro atoms. The van der Waals surface area contributed by atoms with Gasteiger partial charge in [-0.05, 0) is 44.5 Å². The molecule has 1 heterocycles. The van der Waals surface area contributed by atoms with Crippen molar-refractivity contribution in [3.63, 3.8) is 0 Å². The summed E-state index contributed by atoms with van der Waals surface area (Å²) in [4.78, 5) is 17.6. The molecule has 5 nitrogen and oxygen atoms in total. The Hall–Kier alpha value is -2.39. The van der Waals surface area contributed by atoms with Crippen LogP contribution in [0, 0.1) is 18.3 Å². The largest absolute Gasteiger partial charge is 0.481 e. The highest BCUT2D eigenvalue weighted by molar-refractivity contribution is 7.15.